The van der Waals surface area contributed by atoms with Crippen LogP contribution in [0.3, 0.4) is 0 Å². The van der Waals surface area contributed by atoms with Crippen molar-refractivity contribution in [2.75, 3.05) is 5.32 Å². The SMILES string of the molecule is Cc1cccc(C(=O)Nc2ccc(C(N)=S)cc2Br)c1F. The maximum Gasteiger partial charge on any atom is 0.258 e. The average Bonchev–Trinajstić information content (AvgIpc) is 2.43. The molecule has 0 unspecified atom stereocenters. The van der Waals surface area contributed by atoms with Gasteiger partial charge in [0.2, 0.25) is 0 Å². The molecule has 0 radical (unpaired) electrons. The van der Waals surface area contributed by atoms with E-state index in [2.05, 4.69) is 21.2 Å². The van der Waals surface area contributed by atoms with Crippen molar-refractivity contribution < 1.29 is 9.18 Å². The molecule has 0 fully saturated rings. The Bertz CT molecular complexity index is 734. The van der Waals surface area contributed by atoms with E-state index in [1.54, 1.807) is 37.3 Å². The normalized spacial score (nSPS) is 10.2. The summed E-state index contributed by atoms with van der Waals surface area (Å²) in [5.74, 6) is -1.04. The third-order valence-corrected chi connectivity index (χ3v) is 3.83. The summed E-state index contributed by atoms with van der Waals surface area (Å²) in [7, 11) is 0. The van der Waals surface area contributed by atoms with E-state index in [4.69, 9.17) is 18.0 Å². The van der Waals surface area contributed by atoms with Crippen LogP contribution in [0.1, 0.15) is 21.5 Å². The Kier molecular flexibility index (Phi) is 4.69. The molecule has 0 heterocycles. The number of carbonyl (C=O) groups excluding carboxylic acids is 1. The third kappa shape index (κ3) is 3.46. The van der Waals surface area contributed by atoms with Crippen LogP contribution in [0.15, 0.2) is 40.9 Å². The van der Waals surface area contributed by atoms with Crippen LogP contribution in [0.4, 0.5) is 10.1 Å². The lowest BCUT2D eigenvalue weighted by Crippen LogP contribution is -2.15. The Hall–Kier alpha value is -1.79. The molecule has 0 aromatic heterocycles. The number of amides is 1. The second kappa shape index (κ2) is 6.32. The number of hydrogen-bond acceptors (Lipinski definition) is 2. The fraction of sp³-hybridized carbons (Fsp3) is 0.0667. The summed E-state index contributed by atoms with van der Waals surface area (Å²) >= 11 is 8.21. The summed E-state index contributed by atoms with van der Waals surface area (Å²) in [6.07, 6.45) is 0. The Balaban J connectivity index is 2.28. The minimum atomic E-state index is -0.522. The Morgan fingerprint density at radius 2 is 2.05 bits per heavy atom. The van der Waals surface area contributed by atoms with Crippen LogP contribution >= 0.6 is 28.1 Å². The lowest BCUT2D eigenvalue weighted by molar-refractivity contribution is 0.102. The summed E-state index contributed by atoms with van der Waals surface area (Å²) in [4.78, 5) is 12.4. The van der Waals surface area contributed by atoms with E-state index in [0.29, 0.717) is 21.3 Å². The van der Waals surface area contributed by atoms with Gasteiger partial charge in [-0.3, -0.25) is 4.79 Å². The fourth-order valence-electron chi connectivity index (χ4n) is 1.78. The fourth-order valence-corrected chi connectivity index (χ4v) is 2.39. The smallest absolute Gasteiger partial charge is 0.258 e. The van der Waals surface area contributed by atoms with Gasteiger partial charge in [-0.1, -0.05) is 24.4 Å². The lowest BCUT2D eigenvalue weighted by atomic mass is 10.1. The molecule has 3 N–H and O–H groups in total. The predicted octanol–water partition coefficient (Wildman–Crippen LogP) is 3.78. The van der Waals surface area contributed by atoms with E-state index in [0.717, 1.165) is 0 Å². The van der Waals surface area contributed by atoms with Crippen molar-refractivity contribution in [1.29, 1.82) is 0 Å². The number of nitrogens with two attached hydrogens (primary N) is 1. The molecule has 0 atom stereocenters. The van der Waals surface area contributed by atoms with Crippen LogP contribution in [0.25, 0.3) is 0 Å². The van der Waals surface area contributed by atoms with Crippen molar-refractivity contribution in [1.82, 2.24) is 0 Å². The highest BCUT2D eigenvalue weighted by molar-refractivity contribution is 9.10. The lowest BCUT2D eigenvalue weighted by Gasteiger charge is -2.10. The molecule has 2 aromatic rings. The molecule has 1 amide bonds. The van der Waals surface area contributed by atoms with Crippen LogP contribution in [-0.2, 0) is 0 Å². The van der Waals surface area contributed by atoms with Crippen LogP contribution in [0.5, 0.6) is 0 Å². The molecular formula is C15H12BrFN2OS. The van der Waals surface area contributed by atoms with Crippen LogP contribution in [-0.4, -0.2) is 10.9 Å². The van der Waals surface area contributed by atoms with Gasteiger partial charge in [0.15, 0.2) is 0 Å². The van der Waals surface area contributed by atoms with Crippen molar-refractivity contribution in [3.63, 3.8) is 0 Å². The maximum atomic E-state index is 13.9. The van der Waals surface area contributed by atoms with Crippen LogP contribution in [0.2, 0.25) is 0 Å². The van der Waals surface area contributed by atoms with Crippen molar-refractivity contribution in [2.45, 2.75) is 6.92 Å². The molecule has 0 aliphatic rings. The van der Waals surface area contributed by atoms with Crippen molar-refractivity contribution in [2.24, 2.45) is 5.73 Å². The molecule has 108 valence electrons. The van der Waals surface area contributed by atoms with Gasteiger partial charge in [-0.05, 0) is 52.7 Å². The van der Waals surface area contributed by atoms with E-state index >= 15 is 0 Å². The minimum absolute atomic E-state index is 0.000298. The second-order valence-corrected chi connectivity index (χ2v) is 5.74. The number of thiocarbonyl (C=S) groups is 1. The first kappa shape index (κ1) is 15.6. The molecule has 0 saturated carbocycles. The molecule has 0 saturated heterocycles. The van der Waals surface area contributed by atoms with Gasteiger partial charge in [0.1, 0.15) is 10.8 Å². The Labute approximate surface area is 135 Å². The van der Waals surface area contributed by atoms with E-state index < -0.39 is 11.7 Å². The molecule has 2 rings (SSSR count). The first-order chi connectivity index (χ1) is 9.90. The molecule has 21 heavy (non-hydrogen) atoms. The number of hydrogen-bond donors (Lipinski definition) is 2. The highest BCUT2D eigenvalue weighted by atomic mass is 79.9. The van der Waals surface area contributed by atoms with Gasteiger partial charge in [0.25, 0.3) is 5.91 Å². The molecule has 3 nitrogen and oxygen atoms in total. The molecule has 2 aromatic carbocycles. The molecular weight excluding hydrogens is 355 g/mol. The number of nitrogens with one attached hydrogen (secondary N) is 1. The van der Waals surface area contributed by atoms with E-state index in [1.807, 2.05) is 0 Å². The zero-order valence-corrected chi connectivity index (χ0v) is 13.5. The van der Waals surface area contributed by atoms with E-state index in [9.17, 15) is 9.18 Å². The predicted molar refractivity (Wildman–Crippen MR) is 89.1 cm³/mol. The number of benzene rings is 2. The topological polar surface area (TPSA) is 55.1 Å². The molecule has 0 bridgehead atoms. The Morgan fingerprint density at radius 3 is 2.67 bits per heavy atom. The summed E-state index contributed by atoms with van der Waals surface area (Å²) < 4.78 is 14.5. The van der Waals surface area contributed by atoms with Gasteiger partial charge in [0.05, 0.1) is 11.3 Å². The highest BCUT2D eigenvalue weighted by Crippen LogP contribution is 2.25. The van der Waals surface area contributed by atoms with Gasteiger partial charge in [0, 0.05) is 10.0 Å². The summed E-state index contributed by atoms with van der Waals surface area (Å²) in [6, 6.07) is 9.73. The van der Waals surface area contributed by atoms with E-state index in [1.165, 1.54) is 6.07 Å². The first-order valence-electron chi connectivity index (χ1n) is 6.06. The molecule has 0 aliphatic heterocycles. The zero-order valence-electron chi connectivity index (χ0n) is 11.1. The first-order valence-corrected chi connectivity index (χ1v) is 7.26. The summed E-state index contributed by atoms with van der Waals surface area (Å²) in [6.45, 7) is 1.61. The minimum Gasteiger partial charge on any atom is -0.389 e. The number of aryl methyl sites for hydroxylation is 1. The largest absolute Gasteiger partial charge is 0.389 e. The van der Waals surface area contributed by atoms with Gasteiger partial charge < -0.3 is 11.1 Å². The molecule has 6 heteroatoms. The summed E-state index contributed by atoms with van der Waals surface area (Å²) in [5.41, 5.74) is 7.15. The van der Waals surface area contributed by atoms with Crippen molar-refractivity contribution >= 4 is 44.7 Å². The van der Waals surface area contributed by atoms with Crippen molar-refractivity contribution in [3.05, 3.63) is 63.4 Å². The van der Waals surface area contributed by atoms with E-state index in [-0.39, 0.29) is 10.6 Å². The quantitative estimate of drug-likeness (QED) is 0.812. The van der Waals surface area contributed by atoms with Crippen LogP contribution < -0.4 is 11.1 Å². The summed E-state index contributed by atoms with van der Waals surface area (Å²) in [5, 5.41) is 2.65. The van der Waals surface area contributed by atoms with Crippen molar-refractivity contribution in [3.8, 4) is 0 Å². The van der Waals surface area contributed by atoms with Gasteiger partial charge in [-0.2, -0.15) is 0 Å². The monoisotopic (exact) mass is 366 g/mol. The average molecular weight is 367 g/mol. The number of halogens is 2. The zero-order chi connectivity index (χ0) is 15.6. The van der Waals surface area contributed by atoms with Gasteiger partial charge >= 0.3 is 0 Å². The molecule has 0 spiro atoms. The highest BCUT2D eigenvalue weighted by Gasteiger charge is 2.14. The van der Waals surface area contributed by atoms with Crippen LogP contribution in [0, 0.1) is 12.7 Å². The van der Waals surface area contributed by atoms with Gasteiger partial charge in [-0.25, -0.2) is 4.39 Å². The second-order valence-electron chi connectivity index (χ2n) is 4.45. The maximum absolute atomic E-state index is 13.9. The molecule has 0 aliphatic carbocycles. The number of rotatable bonds is 3. The third-order valence-electron chi connectivity index (χ3n) is 2.94. The Morgan fingerprint density at radius 1 is 1.33 bits per heavy atom. The van der Waals surface area contributed by atoms with Gasteiger partial charge in [-0.15, -0.1) is 0 Å². The number of carbonyl (C=O) groups is 1. The standard InChI is InChI=1S/C15H12BrFN2OS/c1-8-3-2-4-10(13(8)17)15(20)19-12-6-5-9(14(18)21)7-11(12)16/h2-7H,1H3,(H2,18,21)(H,19,20). The number of anilines is 1.